The summed E-state index contributed by atoms with van der Waals surface area (Å²) in [5.74, 6) is 2.79. The summed E-state index contributed by atoms with van der Waals surface area (Å²) in [6, 6.07) is 13.2. The van der Waals surface area contributed by atoms with Gasteiger partial charge in [0.2, 0.25) is 11.8 Å². The van der Waals surface area contributed by atoms with E-state index in [-0.39, 0.29) is 18.2 Å². The molecule has 2 aromatic carbocycles. The zero-order valence-corrected chi connectivity index (χ0v) is 21.3. The van der Waals surface area contributed by atoms with E-state index in [9.17, 15) is 9.59 Å². The summed E-state index contributed by atoms with van der Waals surface area (Å²) in [7, 11) is 3.25. The molecule has 168 valence electrons. The van der Waals surface area contributed by atoms with Crippen molar-refractivity contribution in [1.82, 2.24) is 15.1 Å². The predicted octanol–water partition coefficient (Wildman–Crippen LogP) is 5.23. The average molecular weight is 592 g/mol. The van der Waals surface area contributed by atoms with Crippen LogP contribution in [0.4, 0.5) is 0 Å². The van der Waals surface area contributed by atoms with Gasteiger partial charge in [-0.25, -0.2) is 0 Å². The highest BCUT2D eigenvalue weighted by Crippen LogP contribution is 2.39. The van der Waals surface area contributed by atoms with Crippen LogP contribution in [0.2, 0.25) is 5.02 Å². The minimum absolute atomic E-state index is 0.254. The number of aryl methyl sites for hydroxylation is 1. The number of ether oxygens (including phenoxy) is 1. The summed E-state index contributed by atoms with van der Waals surface area (Å²) in [6.45, 7) is 0.371. The lowest BCUT2D eigenvalue weighted by atomic mass is 9.87. The Balaban J connectivity index is 1.65. The third-order valence-corrected chi connectivity index (χ3v) is 6.56. The van der Waals surface area contributed by atoms with E-state index in [4.69, 9.17) is 16.3 Å². The molecule has 1 aliphatic rings. The summed E-state index contributed by atoms with van der Waals surface area (Å²) in [5.41, 5.74) is 3.92. The highest BCUT2D eigenvalue weighted by molar-refractivity contribution is 14.2. The lowest BCUT2D eigenvalue weighted by molar-refractivity contribution is -0.134. The van der Waals surface area contributed by atoms with Gasteiger partial charge in [-0.2, -0.15) is 5.10 Å². The quantitative estimate of drug-likeness (QED) is 0.250. The van der Waals surface area contributed by atoms with Crippen molar-refractivity contribution < 1.29 is 14.3 Å². The number of halogens is 2. The average Bonchev–Trinajstić information content (AvgIpc) is 3.22. The maximum absolute atomic E-state index is 12.5. The van der Waals surface area contributed by atoms with Gasteiger partial charge < -0.3 is 4.74 Å². The first kappa shape index (κ1) is 23.7. The summed E-state index contributed by atoms with van der Waals surface area (Å²) in [4.78, 5) is 24.0. The van der Waals surface area contributed by atoms with Gasteiger partial charge in [0.1, 0.15) is 12.4 Å². The molecule has 33 heavy (non-hydrogen) atoms. The number of aromatic nitrogens is 2. The van der Waals surface area contributed by atoms with E-state index in [1.165, 1.54) is 8.93 Å². The number of hydrogen-bond donors (Lipinski definition) is 1. The van der Waals surface area contributed by atoms with Crippen LogP contribution < -0.4 is 10.1 Å². The lowest BCUT2D eigenvalue weighted by Crippen LogP contribution is -2.39. The van der Waals surface area contributed by atoms with Crippen molar-refractivity contribution in [2.45, 2.75) is 25.4 Å². The van der Waals surface area contributed by atoms with Gasteiger partial charge in [0.05, 0.1) is 16.6 Å². The van der Waals surface area contributed by atoms with E-state index in [1.807, 2.05) is 55.7 Å². The largest absolute Gasteiger partial charge is 0.487 e. The SMILES string of the molecule is Cn1ccc(COc2ccc(-c3c(C#CSI)ccc(C4CCC(=O)NC4=O)c3Cl)cc2)n1. The Morgan fingerprint density at radius 2 is 2.03 bits per heavy atom. The Kier molecular flexibility index (Phi) is 7.63. The monoisotopic (exact) mass is 591 g/mol. The number of piperidine rings is 1. The Hall–Kier alpha value is -2.48. The van der Waals surface area contributed by atoms with Crippen molar-refractivity contribution in [1.29, 1.82) is 0 Å². The molecule has 0 bridgehead atoms. The Morgan fingerprint density at radius 1 is 1.24 bits per heavy atom. The first-order valence-electron chi connectivity index (χ1n) is 10.1. The second-order valence-corrected chi connectivity index (χ2v) is 9.55. The number of carbonyl (C=O) groups is 2. The number of carbonyl (C=O) groups excluding carboxylic acids is 2. The van der Waals surface area contributed by atoms with Crippen LogP contribution in [0.1, 0.15) is 35.6 Å². The fourth-order valence-electron chi connectivity index (χ4n) is 3.73. The zero-order valence-electron chi connectivity index (χ0n) is 17.6. The molecule has 0 spiro atoms. The summed E-state index contributed by atoms with van der Waals surface area (Å²) < 4.78 is 7.57. The van der Waals surface area contributed by atoms with Crippen molar-refractivity contribution in [3.8, 4) is 28.0 Å². The van der Waals surface area contributed by atoms with Crippen LogP contribution in [0, 0.1) is 11.2 Å². The smallest absolute Gasteiger partial charge is 0.234 e. The molecular formula is C24H19ClIN3O3S. The molecule has 1 unspecified atom stereocenters. The fraction of sp³-hybridized carbons (Fsp3) is 0.208. The second-order valence-electron chi connectivity index (χ2n) is 7.49. The van der Waals surface area contributed by atoms with E-state index in [2.05, 4.69) is 42.8 Å². The molecule has 2 heterocycles. The van der Waals surface area contributed by atoms with E-state index < -0.39 is 5.92 Å². The minimum atomic E-state index is -0.476. The van der Waals surface area contributed by atoms with Crippen LogP contribution in [-0.2, 0) is 23.2 Å². The van der Waals surface area contributed by atoms with Crippen molar-refractivity contribution in [3.63, 3.8) is 0 Å². The molecule has 0 aliphatic carbocycles. The number of nitrogens with zero attached hydrogens (tertiary/aromatic N) is 2. The van der Waals surface area contributed by atoms with Gasteiger partial charge in [-0.3, -0.25) is 19.6 Å². The Labute approximate surface area is 213 Å². The molecular weight excluding hydrogens is 573 g/mol. The molecule has 1 fully saturated rings. The molecule has 1 aliphatic heterocycles. The number of rotatable bonds is 5. The third-order valence-electron chi connectivity index (χ3n) is 5.31. The third kappa shape index (κ3) is 5.54. The number of nitrogens with one attached hydrogen (secondary N) is 1. The molecule has 1 atom stereocenters. The predicted molar refractivity (Wildman–Crippen MR) is 138 cm³/mol. The van der Waals surface area contributed by atoms with Gasteiger partial charge in [0.25, 0.3) is 0 Å². The molecule has 4 rings (SSSR count). The molecule has 1 N–H and O–H groups in total. The number of amides is 2. The molecule has 1 saturated heterocycles. The summed E-state index contributed by atoms with van der Waals surface area (Å²) in [6.07, 6.45) is 2.59. The number of benzene rings is 2. The van der Waals surface area contributed by atoms with Gasteiger partial charge in [0.15, 0.2) is 0 Å². The Bertz CT molecular complexity index is 1260. The van der Waals surface area contributed by atoms with Gasteiger partial charge in [-0.1, -0.05) is 35.7 Å². The molecule has 1 aromatic heterocycles. The van der Waals surface area contributed by atoms with E-state index in [0.29, 0.717) is 29.4 Å². The van der Waals surface area contributed by atoms with Gasteiger partial charge >= 0.3 is 0 Å². The summed E-state index contributed by atoms with van der Waals surface area (Å²) >= 11 is 8.98. The molecule has 9 heteroatoms. The normalized spacial score (nSPS) is 15.5. The first-order valence-corrected chi connectivity index (χ1v) is 13.9. The van der Waals surface area contributed by atoms with E-state index in [0.717, 1.165) is 22.4 Å². The fourth-order valence-corrected chi connectivity index (χ4v) is 4.61. The van der Waals surface area contributed by atoms with Crippen molar-refractivity contribution in [2.75, 3.05) is 0 Å². The van der Waals surface area contributed by atoms with Gasteiger partial charge in [-0.15, -0.1) is 0 Å². The lowest BCUT2D eigenvalue weighted by Gasteiger charge is -2.23. The van der Waals surface area contributed by atoms with Crippen LogP contribution in [-0.4, -0.2) is 21.6 Å². The van der Waals surface area contributed by atoms with Crippen molar-refractivity contribution in [2.24, 2.45) is 7.05 Å². The van der Waals surface area contributed by atoms with Crippen LogP contribution in [0.15, 0.2) is 48.7 Å². The van der Waals surface area contributed by atoms with Crippen molar-refractivity contribution in [3.05, 3.63) is 70.5 Å². The number of hydrogen-bond acceptors (Lipinski definition) is 5. The minimum Gasteiger partial charge on any atom is -0.487 e. The van der Waals surface area contributed by atoms with Crippen LogP contribution >= 0.6 is 41.7 Å². The summed E-state index contributed by atoms with van der Waals surface area (Å²) in [5, 5.41) is 10.2. The maximum Gasteiger partial charge on any atom is 0.234 e. The van der Waals surface area contributed by atoms with Crippen molar-refractivity contribution >= 4 is 53.6 Å². The zero-order chi connectivity index (χ0) is 23.4. The molecule has 2 amide bonds. The van der Waals surface area contributed by atoms with E-state index in [1.54, 1.807) is 4.68 Å². The molecule has 6 nitrogen and oxygen atoms in total. The van der Waals surface area contributed by atoms with Gasteiger partial charge in [0, 0.05) is 52.0 Å². The molecule has 0 radical (unpaired) electrons. The first-order chi connectivity index (χ1) is 16.0. The highest BCUT2D eigenvalue weighted by atomic mass is 127. The standard InChI is InChI=1S/C24H19ClIN3O3S/c1-29-12-10-17(28-29)14-32-18-5-2-15(3-6-18)22-16(11-13-33-26)4-7-19(23(22)25)20-8-9-21(30)27-24(20)31/h2-7,10,12,20H,8-9,14H2,1H3,(H,27,30,31). The van der Waals surface area contributed by atoms with E-state index >= 15 is 0 Å². The topological polar surface area (TPSA) is 73.2 Å². The maximum atomic E-state index is 12.5. The van der Waals surface area contributed by atoms with Gasteiger partial charge in [-0.05, 0) is 56.0 Å². The molecule has 3 aromatic rings. The van der Waals surface area contributed by atoms with Crippen LogP contribution in [0.5, 0.6) is 5.75 Å². The Morgan fingerprint density at radius 3 is 2.70 bits per heavy atom. The number of imide groups is 1. The second kappa shape index (κ2) is 10.6. The van der Waals surface area contributed by atoms with Crippen LogP contribution in [0.3, 0.4) is 0 Å². The highest BCUT2D eigenvalue weighted by Gasteiger charge is 2.30. The molecule has 0 saturated carbocycles. The van der Waals surface area contributed by atoms with Crippen LogP contribution in [0.25, 0.3) is 11.1 Å².